The Hall–Kier alpha value is -4.29. The van der Waals surface area contributed by atoms with E-state index in [2.05, 4.69) is 24.8 Å². The van der Waals surface area contributed by atoms with Gasteiger partial charge >= 0.3 is 0 Å². The topological polar surface area (TPSA) is 143 Å². The van der Waals surface area contributed by atoms with Crippen molar-refractivity contribution in [1.29, 1.82) is 10.5 Å². The van der Waals surface area contributed by atoms with Gasteiger partial charge in [-0.05, 0) is 38.1 Å². The van der Waals surface area contributed by atoms with E-state index in [1.165, 1.54) is 16.8 Å². The number of hydrogen-bond acceptors (Lipinski definition) is 8. The normalized spacial score (nSPS) is 11.2. The number of hydrogen-bond donors (Lipinski definition) is 1. The van der Waals surface area contributed by atoms with Crippen molar-refractivity contribution in [2.75, 3.05) is 22.7 Å². The molecule has 3 aromatic rings. The molecule has 174 valence electrons. The number of nitrogens with zero attached hydrogens (tertiary/aromatic N) is 8. The Labute approximate surface area is 198 Å². The molecule has 0 bridgehead atoms. The fourth-order valence-electron chi connectivity index (χ4n) is 3.28. The highest BCUT2D eigenvalue weighted by molar-refractivity contribution is 7.92. The molecular weight excluding hydrogens is 454 g/mol. The van der Waals surface area contributed by atoms with Gasteiger partial charge in [-0.3, -0.25) is 4.72 Å². The second-order valence-electron chi connectivity index (χ2n) is 7.28. The lowest BCUT2D eigenvalue weighted by atomic mass is 10.2. The van der Waals surface area contributed by atoms with Crippen molar-refractivity contribution < 1.29 is 13.0 Å². The summed E-state index contributed by atoms with van der Waals surface area (Å²) in [6, 6.07) is 12.1. The molecule has 0 aliphatic heterocycles. The molecule has 11 nitrogen and oxygen atoms in total. The number of sulfonamides is 1. The minimum atomic E-state index is -3.91. The molecule has 2 aromatic heterocycles. The summed E-state index contributed by atoms with van der Waals surface area (Å²) in [5.74, 6) is 0.0461. The number of benzene rings is 1. The molecule has 1 N–H and O–H groups in total. The number of aromatic nitrogens is 3. The molecule has 0 saturated carbocycles. The van der Waals surface area contributed by atoms with E-state index >= 15 is 0 Å². The Bertz CT molecular complexity index is 1430. The van der Waals surface area contributed by atoms with Gasteiger partial charge in [0.25, 0.3) is 16.0 Å². The van der Waals surface area contributed by atoms with Crippen LogP contribution in [-0.4, -0.2) is 31.1 Å². The lowest BCUT2D eigenvalue weighted by Crippen LogP contribution is -2.28. The zero-order valence-electron chi connectivity index (χ0n) is 19.3. The molecule has 0 saturated heterocycles. The first-order valence-electron chi connectivity index (χ1n) is 10.4. The second-order valence-corrected chi connectivity index (χ2v) is 8.96. The van der Waals surface area contributed by atoms with Crippen LogP contribution < -0.4 is 14.2 Å². The highest BCUT2D eigenvalue weighted by atomic mass is 32.2. The molecule has 3 rings (SSSR count). The Morgan fingerprint density at radius 2 is 1.91 bits per heavy atom. The smallest absolute Gasteiger partial charge is 0.267 e. The van der Waals surface area contributed by atoms with Crippen molar-refractivity contribution in [2.24, 2.45) is 24.3 Å². The van der Waals surface area contributed by atoms with E-state index in [4.69, 9.17) is 5.26 Å². The predicted molar refractivity (Wildman–Crippen MR) is 125 cm³/mol. The number of pyridine rings is 1. The summed E-state index contributed by atoms with van der Waals surface area (Å²) >= 11 is 0. The first-order chi connectivity index (χ1) is 16.2. The van der Waals surface area contributed by atoms with E-state index in [9.17, 15) is 13.7 Å². The van der Waals surface area contributed by atoms with Crippen molar-refractivity contribution >= 4 is 33.0 Å². The van der Waals surface area contributed by atoms with Gasteiger partial charge in [-0.1, -0.05) is 0 Å². The van der Waals surface area contributed by atoms with Crippen LogP contribution >= 0.6 is 0 Å². The summed E-state index contributed by atoms with van der Waals surface area (Å²) in [5, 5.41) is 26.7. The lowest BCUT2D eigenvalue weighted by Gasteiger charge is -2.22. The van der Waals surface area contributed by atoms with E-state index in [1.807, 2.05) is 32.1 Å². The maximum absolute atomic E-state index is 13.1. The van der Waals surface area contributed by atoms with Crippen molar-refractivity contribution in [3.63, 3.8) is 0 Å². The fraction of sp³-hybridized carbons (Fsp3) is 0.273. The van der Waals surface area contributed by atoms with Crippen LogP contribution in [0.25, 0.3) is 0 Å². The molecule has 12 heteroatoms. The van der Waals surface area contributed by atoms with Gasteiger partial charge in [0.05, 0.1) is 5.69 Å². The van der Waals surface area contributed by atoms with E-state index in [0.717, 1.165) is 18.8 Å². The van der Waals surface area contributed by atoms with Gasteiger partial charge in [0.2, 0.25) is 0 Å². The average molecular weight is 479 g/mol. The van der Waals surface area contributed by atoms with E-state index in [0.29, 0.717) is 0 Å². The number of imidazole rings is 1. The van der Waals surface area contributed by atoms with Gasteiger partial charge in [-0.2, -0.15) is 15.5 Å². The van der Waals surface area contributed by atoms with Crippen LogP contribution in [0.3, 0.4) is 0 Å². The number of azo groups is 1. The minimum absolute atomic E-state index is 0.0461. The Morgan fingerprint density at radius 3 is 2.50 bits per heavy atom. The maximum Gasteiger partial charge on any atom is 0.267 e. The number of nitrogens with one attached hydrogen (secondary N) is 1. The average Bonchev–Trinajstić information content (AvgIpc) is 3.13. The van der Waals surface area contributed by atoms with Gasteiger partial charge in [-0.25, -0.2) is 13.0 Å². The monoisotopic (exact) mass is 478 g/mol. The van der Waals surface area contributed by atoms with E-state index in [-0.39, 0.29) is 33.6 Å². The van der Waals surface area contributed by atoms with Crippen molar-refractivity contribution in [3.8, 4) is 12.1 Å². The molecular formula is C22H24N9O2S+. The molecule has 0 atom stereocenters. The van der Waals surface area contributed by atoms with Crippen LogP contribution in [-0.2, 0) is 24.1 Å². The third kappa shape index (κ3) is 5.03. The van der Waals surface area contributed by atoms with Gasteiger partial charge in [0.1, 0.15) is 24.9 Å². The summed E-state index contributed by atoms with van der Waals surface area (Å²) in [6.45, 7) is 5.48. The van der Waals surface area contributed by atoms with Crippen molar-refractivity contribution in [2.45, 2.75) is 18.7 Å². The molecule has 0 unspecified atom stereocenters. The summed E-state index contributed by atoms with van der Waals surface area (Å²) in [7, 11) is -0.635. The van der Waals surface area contributed by atoms with Crippen LogP contribution in [0.1, 0.15) is 25.2 Å². The highest BCUT2D eigenvalue weighted by Crippen LogP contribution is 2.33. The predicted octanol–water partition coefficient (Wildman–Crippen LogP) is 3.05. The van der Waals surface area contributed by atoms with E-state index in [1.54, 1.807) is 43.1 Å². The van der Waals surface area contributed by atoms with Crippen LogP contribution in [0.15, 0.2) is 57.8 Å². The van der Waals surface area contributed by atoms with Crippen LogP contribution in [0.4, 0.5) is 23.0 Å². The largest absolute Gasteiger partial charge is 0.372 e. The summed E-state index contributed by atoms with van der Waals surface area (Å²) < 4.78 is 31.8. The molecule has 0 aliphatic carbocycles. The van der Waals surface area contributed by atoms with Crippen LogP contribution in [0.5, 0.6) is 0 Å². The SMILES string of the molecule is CCN(CC)c1ccc(N=Nc2nc(C#N)c(C#N)n2C)c(NS(=O)(=O)c2ccc[n+](C)c2)c1. The Morgan fingerprint density at radius 1 is 1.18 bits per heavy atom. The van der Waals surface area contributed by atoms with Gasteiger partial charge in [0, 0.05) is 31.9 Å². The summed E-state index contributed by atoms with van der Waals surface area (Å²) in [5.41, 5.74) is 1.30. The molecule has 2 heterocycles. The molecule has 0 spiro atoms. The standard InChI is InChI=1S/C22H24N9O2S/c1-5-31(6-2)16-9-10-18(26-27-22-25-20(13-23)21(14-24)30(22)4)19(12-16)28-34(32,33)17-8-7-11-29(3)15-17/h7-12,15,28H,5-6H2,1-4H3/q+1. The lowest BCUT2D eigenvalue weighted by molar-refractivity contribution is -0.673. The molecule has 0 amide bonds. The number of rotatable bonds is 8. The van der Waals surface area contributed by atoms with Gasteiger partial charge in [0.15, 0.2) is 28.7 Å². The minimum Gasteiger partial charge on any atom is -0.372 e. The van der Waals surface area contributed by atoms with E-state index < -0.39 is 10.0 Å². The third-order valence-corrected chi connectivity index (χ3v) is 6.46. The summed E-state index contributed by atoms with van der Waals surface area (Å²) in [4.78, 5) is 6.18. The molecule has 1 aromatic carbocycles. The second kappa shape index (κ2) is 10.1. The molecule has 0 fully saturated rings. The number of anilines is 2. The van der Waals surface area contributed by atoms with Crippen LogP contribution in [0.2, 0.25) is 0 Å². The van der Waals surface area contributed by atoms with Crippen LogP contribution in [0, 0.1) is 22.7 Å². The first-order valence-corrected chi connectivity index (χ1v) is 11.9. The fourth-order valence-corrected chi connectivity index (χ4v) is 4.42. The maximum atomic E-state index is 13.1. The Balaban J connectivity index is 2.07. The Kier molecular flexibility index (Phi) is 7.24. The number of nitriles is 2. The summed E-state index contributed by atoms with van der Waals surface area (Å²) in [6.07, 6.45) is 3.23. The van der Waals surface area contributed by atoms with Crippen molar-refractivity contribution in [1.82, 2.24) is 9.55 Å². The molecule has 0 radical (unpaired) electrons. The third-order valence-electron chi connectivity index (χ3n) is 5.11. The zero-order chi connectivity index (χ0) is 24.9. The van der Waals surface area contributed by atoms with Crippen molar-refractivity contribution in [3.05, 3.63) is 54.1 Å². The quantitative estimate of drug-likeness (QED) is 0.389. The highest BCUT2D eigenvalue weighted by Gasteiger charge is 2.20. The molecule has 0 aliphatic rings. The number of aryl methyl sites for hydroxylation is 1. The zero-order valence-corrected chi connectivity index (χ0v) is 20.1. The van der Waals surface area contributed by atoms with Gasteiger partial charge in [-0.15, -0.1) is 10.2 Å². The molecule has 34 heavy (non-hydrogen) atoms. The first kappa shape index (κ1) is 24.4. The van der Waals surface area contributed by atoms with Gasteiger partial charge < -0.3 is 9.47 Å².